The van der Waals surface area contributed by atoms with Crippen LogP contribution in [0.3, 0.4) is 0 Å². The Hall–Kier alpha value is -3.55. The van der Waals surface area contributed by atoms with E-state index in [1.54, 1.807) is 12.4 Å². The van der Waals surface area contributed by atoms with Crippen LogP contribution in [0.2, 0.25) is 0 Å². The molecule has 0 saturated heterocycles. The molecule has 1 aromatic carbocycles. The summed E-state index contributed by atoms with van der Waals surface area (Å²) in [5, 5.41) is 14.3. The highest BCUT2D eigenvalue weighted by Crippen LogP contribution is 2.29. The third-order valence-electron chi connectivity index (χ3n) is 5.43. The minimum atomic E-state index is 0.0658. The summed E-state index contributed by atoms with van der Waals surface area (Å²) in [5.74, 6) is 0.509. The molecule has 0 spiro atoms. The molecular weight excluding hydrogens is 378 g/mol. The summed E-state index contributed by atoms with van der Waals surface area (Å²) in [5.41, 5.74) is 6.18. The molecule has 4 aromatic rings. The molecule has 8 nitrogen and oxygen atoms in total. The van der Waals surface area contributed by atoms with E-state index in [4.69, 9.17) is 0 Å². The van der Waals surface area contributed by atoms with Crippen molar-refractivity contribution in [3.05, 3.63) is 70.2 Å². The maximum atomic E-state index is 12.9. The molecule has 0 aliphatic rings. The fraction of sp³-hybridized carbons (Fsp3) is 0.318. The van der Waals surface area contributed by atoms with E-state index in [2.05, 4.69) is 56.8 Å². The van der Waals surface area contributed by atoms with Crippen LogP contribution in [-0.4, -0.2) is 34.7 Å². The van der Waals surface area contributed by atoms with Crippen LogP contribution in [0.1, 0.15) is 37.2 Å². The largest absolute Gasteiger partial charge is 0.328 e. The highest BCUT2D eigenvalue weighted by molar-refractivity contribution is 5.79. The number of hydrogen-bond donors (Lipinski definition) is 1. The fourth-order valence-corrected chi connectivity index (χ4v) is 3.92. The first-order valence-electron chi connectivity index (χ1n) is 10.2. The molecule has 0 fully saturated rings. The molecule has 0 amide bonds. The van der Waals surface area contributed by atoms with Crippen molar-refractivity contribution in [3.8, 4) is 22.5 Å². The normalized spacial score (nSPS) is 11.2. The minimum absolute atomic E-state index is 0.0658. The average Bonchev–Trinajstić information content (AvgIpc) is 3.38. The Balaban J connectivity index is 1.66. The van der Waals surface area contributed by atoms with Gasteiger partial charge < -0.3 is 0 Å². The third kappa shape index (κ3) is 3.56. The number of nitrogens with zero attached hydrogens (tertiary/aromatic N) is 6. The fourth-order valence-electron chi connectivity index (χ4n) is 3.92. The van der Waals surface area contributed by atoms with Crippen LogP contribution in [0, 0.1) is 6.92 Å². The molecule has 0 saturated carbocycles. The Morgan fingerprint density at radius 3 is 2.50 bits per heavy atom. The van der Waals surface area contributed by atoms with Gasteiger partial charge in [-0.1, -0.05) is 37.6 Å². The maximum absolute atomic E-state index is 12.9. The monoisotopic (exact) mass is 403 g/mol. The van der Waals surface area contributed by atoms with Crippen LogP contribution in [-0.2, 0) is 19.5 Å². The topological polar surface area (TPSA) is 94.3 Å². The summed E-state index contributed by atoms with van der Waals surface area (Å²) < 4.78 is 3.77. The van der Waals surface area contributed by atoms with Crippen LogP contribution < -0.4 is 5.69 Å². The van der Waals surface area contributed by atoms with Crippen molar-refractivity contribution in [2.45, 2.75) is 46.7 Å². The molecule has 0 aliphatic carbocycles. The molecule has 0 bridgehead atoms. The quantitative estimate of drug-likeness (QED) is 0.511. The molecular formula is C22H25N7O. The van der Waals surface area contributed by atoms with Crippen LogP contribution in [0.4, 0.5) is 0 Å². The zero-order valence-electron chi connectivity index (χ0n) is 17.5. The van der Waals surface area contributed by atoms with Gasteiger partial charge in [-0.05, 0) is 48.2 Å². The van der Waals surface area contributed by atoms with Crippen LogP contribution in [0.5, 0.6) is 0 Å². The summed E-state index contributed by atoms with van der Waals surface area (Å²) in [6.45, 7) is 7.45. The Labute approximate surface area is 174 Å². The van der Waals surface area contributed by atoms with Gasteiger partial charge in [0.05, 0.1) is 6.54 Å². The van der Waals surface area contributed by atoms with Gasteiger partial charge in [-0.15, -0.1) is 10.2 Å². The second-order valence-electron chi connectivity index (χ2n) is 7.25. The number of benzene rings is 1. The van der Waals surface area contributed by atoms with Gasteiger partial charge in [0.1, 0.15) is 0 Å². The van der Waals surface area contributed by atoms with E-state index >= 15 is 0 Å². The number of hydrogen-bond acceptors (Lipinski definition) is 5. The zero-order chi connectivity index (χ0) is 21.1. The molecule has 0 unspecified atom stereocenters. The second-order valence-corrected chi connectivity index (χ2v) is 7.25. The number of pyridine rings is 1. The Kier molecular flexibility index (Phi) is 5.56. The van der Waals surface area contributed by atoms with E-state index < -0.39 is 0 Å². The summed E-state index contributed by atoms with van der Waals surface area (Å²) in [4.78, 5) is 17.1. The van der Waals surface area contributed by atoms with Crippen LogP contribution in [0.15, 0.2) is 47.5 Å². The van der Waals surface area contributed by atoms with Gasteiger partial charge in [-0.3, -0.25) is 14.1 Å². The van der Waals surface area contributed by atoms with Gasteiger partial charge >= 0.3 is 5.69 Å². The molecule has 8 heteroatoms. The van der Waals surface area contributed by atoms with E-state index in [0.717, 1.165) is 46.5 Å². The van der Waals surface area contributed by atoms with Crippen molar-refractivity contribution in [3.63, 3.8) is 0 Å². The molecule has 0 aliphatic heterocycles. The summed E-state index contributed by atoms with van der Waals surface area (Å²) in [6.07, 6.45) is 5.39. The standard InChI is InChI=1S/C22H25N7O/c1-4-6-20-15(3)28(5-2)22(30)29(20)14-16-7-9-17(10-8-16)18-11-12-23-13-19(18)21-24-26-27-25-21/h7-13H,4-6,14H2,1-3H3,(H,24,25,26,27). The van der Waals surface area contributed by atoms with E-state index in [0.29, 0.717) is 18.9 Å². The number of rotatable bonds is 7. The highest BCUT2D eigenvalue weighted by atomic mass is 16.1. The zero-order valence-corrected chi connectivity index (χ0v) is 17.5. The number of tetrazole rings is 1. The third-order valence-corrected chi connectivity index (χ3v) is 5.43. The molecule has 4 rings (SSSR count). The number of aromatic nitrogens is 7. The molecule has 0 atom stereocenters. The first-order chi connectivity index (χ1) is 14.6. The van der Waals surface area contributed by atoms with Crippen molar-refractivity contribution in [1.82, 2.24) is 34.7 Å². The van der Waals surface area contributed by atoms with Crippen molar-refractivity contribution in [1.29, 1.82) is 0 Å². The van der Waals surface area contributed by atoms with Gasteiger partial charge in [0, 0.05) is 35.9 Å². The predicted molar refractivity (Wildman–Crippen MR) is 115 cm³/mol. The molecule has 30 heavy (non-hydrogen) atoms. The predicted octanol–water partition coefficient (Wildman–Crippen LogP) is 3.22. The van der Waals surface area contributed by atoms with E-state index in [9.17, 15) is 4.79 Å². The highest BCUT2D eigenvalue weighted by Gasteiger charge is 2.16. The summed E-state index contributed by atoms with van der Waals surface area (Å²) in [7, 11) is 0. The lowest BCUT2D eigenvalue weighted by atomic mass is 10.00. The van der Waals surface area contributed by atoms with Crippen molar-refractivity contribution >= 4 is 0 Å². The molecule has 154 valence electrons. The smallest absolute Gasteiger partial charge is 0.297 e. The lowest BCUT2D eigenvalue weighted by molar-refractivity contribution is 0.650. The molecule has 0 radical (unpaired) electrons. The number of H-pyrrole nitrogens is 1. The van der Waals surface area contributed by atoms with Crippen molar-refractivity contribution in [2.24, 2.45) is 0 Å². The number of aromatic amines is 1. The van der Waals surface area contributed by atoms with Gasteiger partial charge in [0.2, 0.25) is 5.82 Å². The number of nitrogens with one attached hydrogen (secondary N) is 1. The van der Waals surface area contributed by atoms with Gasteiger partial charge in [0.25, 0.3) is 0 Å². The van der Waals surface area contributed by atoms with E-state index in [1.807, 2.05) is 29.0 Å². The number of imidazole rings is 1. The first kappa shape index (κ1) is 19.8. The van der Waals surface area contributed by atoms with Crippen molar-refractivity contribution < 1.29 is 0 Å². The van der Waals surface area contributed by atoms with Crippen molar-refractivity contribution in [2.75, 3.05) is 0 Å². The molecule has 1 N–H and O–H groups in total. The minimum Gasteiger partial charge on any atom is -0.297 e. The Morgan fingerprint density at radius 2 is 1.83 bits per heavy atom. The summed E-state index contributed by atoms with van der Waals surface area (Å²) in [6, 6.07) is 10.2. The Morgan fingerprint density at radius 1 is 1.03 bits per heavy atom. The lowest BCUT2D eigenvalue weighted by Gasteiger charge is -2.10. The van der Waals surface area contributed by atoms with E-state index in [1.165, 1.54) is 0 Å². The Bertz CT molecular complexity index is 1190. The van der Waals surface area contributed by atoms with Gasteiger partial charge in [-0.2, -0.15) is 5.21 Å². The second kappa shape index (κ2) is 8.44. The van der Waals surface area contributed by atoms with Crippen LogP contribution in [0.25, 0.3) is 22.5 Å². The van der Waals surface area contributed by atoms with Gasteiger partial charge in [0.15, 0.2) is 0 Å². The van der Waals surface area contributed by atoms with Crippen LogP contribution >= 0.6 is 0 Å². The average molecular weight is 403 g/mol. The molecule has 3 aromatic heterocycles. The molecule has 3 heterocycles. The maximum Gasteiger partial charge on any atom is 0.328 e. The lowest BCUT2D eigenvalue weighted by Crippen LogP contribution is -2.25. The van der Waals surface area contributed by atoms with Gasteiger partial charge in [-0.25, -0.2) is 4.79 Å². The first-order valence-corrected chi connectivity index (χ1v) is 10.2. The SMILES string of the molecule is CCCc1c(C)n(CC)c(=O)n1Cc1ccc(-c2ccncc2-c2nn[nH]n2)cc1. The summed E-state index contributed by atoms with van der Waals surface area (Å²) >= 11 is 0. The van der Waals surface area contributed by atoms with E-state index in [-0.39, 0.29) is 5.69 Å².